The van der Waals surface area contributed by atoms with Crippen LogP contribution in [0.2, 0.25) is 0 Å². The molecule has 18 heavy (non-hydrogen) atoms. The van der Waals surface area contributed by atoms with Crippen molar-refractivity contribution in [1.29, 1.82) is 0 Å². The van der Waals surface area contributed by atoms with Gasteiger partial charge in [-0.25, -0.2) is 0 Å². The van der Waals surface area contributed by atoms with E-state index in [4.69, 9.17) is 0 Å². The van der Waals surface area contributed by atoms with Crippen molar-refractivity contribution < 1.29 is 0 Å². The fourth-order valence-electron chi connectivity index (χ4n) is 6.07. The summed E-state index contributed by atoms with van der Waals surface area (Å²) in [6, 6.07) is 0. The van der Waals surface area contributed by atoms with E-state index in [-0.39, 0.29) is 0 Å². The zero-order valence-corrected chi connectivity index (χ0v) is 12.0. The molecule has 0 heterocycles. The standard InChI is InChI=1S/C18H28/c1-12-10-17-15-8-4-2-6-13(15)14-7-3-5-9-16(14)18(17)11-12/h12-16H,2-11H2,1H3. The zero-order chi connectivity index (χ0) is 12.1. The normalized spacial score (nSPS) is 47.5. The molecule has 0 N–H and O–H groups in total. The summed E-state index contributed by atoms with van der Waals surface area (Å²) in [5, 5.41) is 0. The molecule has 0 bridgehead atoms. The van der Waals surface area contributed by atoms with Gasteiger partial charge in [0.1, 0.15) is 0 Å². The lowest BCUT2D eigenvalue weighted by Crippen LogP contribution is -2.39. The van der Waals surface area contributed by atoms with Gasteiger partial charge in [-0.15, -0.1) is 0 Å². The van der Waals surface area contributed by atoms with Crippen molar-refractivity contribution in [2.24, 2.45) is 29.6 Å². The minimum absolute atomic E-state index is 0.971. The molecule has 0 aromatic heterocycles. The van der Waals surface area contributed by atoms with Crippen LogP contribution in [0, 0.1) is 29.6 Å². The number of fused-ring (bicyclic) bond motifs is 5. The molecule has 0 heteroatoms. The largest absolute Gasteiger partial charge is 0.0670 e. The monoisotopic (exact) mass is 244 g/mol. The van der Waals surface area contributed by atoms with Crippen molar-refractivity contribution in [1.82, 2.24) is 0 Å². The molecule has 0 aromatic carbocycles. The van der Waals surface area contributed by atoms with E-state index in [1.54, 1.807) is 25.7 Å². The molecule has 100 valence electrons. The van der Waals surface area contributed by atoms with Gasteiger partial charge in [0.05, 0.1) is 0 Å². The highest BCUT2D eigenvalue weighted by atomic mass is 14.5. The third-order valence-corrected chi connectivity index (χ3v) is 6.63. The van der Waals surface area contributed by atoms with Crippen LogP contribution in [-0.4, -0.2) is 0 Å². The Kier molecular flexibility index (Phi) is 2.82. The average Bonchev–Trinajstić information content (AvgIpc) is 2.81. The van der Waals surface area contributed by atoms with Crippen LogP contribution >= 0.6 is 0 Å². The molecule has 4 atom stereocenters. The van der Waals surface area contributed by atoms with Gasteiger partial charge >= 0.3 is 0 Å². The molecule has 4 unspecified atom stereocenters. The third kappa shape index (κ3) is 1.63. The Labute approximate surface area is 112 Å². The Morgan fingerprint density at radius 2 is 1.11 bits per heavy atom. The molecule has 0 radical (unpaired) electrons. The summed E-state index contributed by atoms with van der Waals surface area (Å²) in [7, 11) is 0. The molecule has 0 amide bonds. The predicted octanol–water partition coefficient (Wildman–Crippen LogP) is 5.34. The minimum Gasteiger partial charge on any atom is -0.0670 e. The second kappa shape index (κ2) is 4.39. The molecule has 4 aliphatic rings. The lowest BCUT2D eigenvalue weighted by molar-refractivity contribution is 0.0928. The Hall–Kier alpha value is -0.260. The molecule has 2 saturated carbocycles. The summed E-state index contributed by atoms with van der Waals surface area (Å²) in [5.74, 6) is 5.26. The van der Waals surface area contributed by atoms with E-state index in [1.165, 1.54) is 38.5 Å². The molecule has 0 aromatic rings. The van der Waals surface area contributed by atoms with E-state index in [2.05, 4.69) is 6.92 Å². The Balaban J connectivity index is 1.73. The highest BCUT2D eigenvalue weighted by Crippen LogP contribution is 2.58. The highest BCUT2D eigenvalue weighted by molar-refractivity contribution is 5.31. The van der Waals surface area contributed by atoms with Gasteiger partial charge in [-0.3, -0.25) is 0 Å². The minimum atomic E-state index is 0.971. The summed E-state index contributed by atoms with van der Waals surface area (Å²) < 4.78 is 0. The smallest absolute Gasteiger partial charge is 0.0169 e. The quantitative estimate of drug-likeness (QED) is 0.505. The Morgan fingerprint density at radius 1 is 0.667 bits per heavy atom. The van der Waals surface area contributed by atoms with Gasteiger partial charge in [-0.05, 0) is 68.1 Å². The molecular formula is C18H28. The SMILES string of the molecule is CC1CC2=C(C1)C1CCCCC1C1CCCCC21. The van der Waals surface area contributed by atoms with Gasteiger partial charge in [0.25, 0.3) is 0 Å². The second-order valence-corrected chi connectivity index (χ2v) is 7.67. The van der Waals surface area contributed by atoms with Crippen LogP contribution in [0.15, 0.2) is 11.1 Å². The number of hydrogen-bond acceptors (Lipinski definition) is 0. The van der Waals surface area contributed by atoms with Crippen LogP contribution in [0.5, 0.6) is 0 Å². The van der Waals surface area contributed by atoms with Crippen LogP contribution in [0.3, 0.4) is 0 Å². The van der Waals surface area contributed by atoms with Gasteiger partial charge in [0.15, 0.2) is 0 Å². The number of rotatable bonds is 0. The second-order valence-electron chi connectivity index (χ2n) is 7.67. The summed E-state index contributed by atoms with van der Waals surface area (Å²) in [6.07, 6.45) is 15.3. The maximum Gasteiger partial charge on any atom is -0.0169 e. The van der Waals surface area contributed by atoms with Crippen molar-refractivity contribution in [2.45, 2.75) is 71.1 Å². The van der Waals surface area contributed by atoms with Crippen molar-refractivity contribution in [3.05, 3.63) is 11.1 Å². The lowest BCUT2D eigenvalue weighted by Gasteiger charge is -2.49. The summed E-state index contributed by atoms with van der Waals surface area (Å²) >= 11 is 0. The van der Waals surface area contributed by atoms with E-state index in [9.17, 15) is 0 Å². The van der Waals surface area contributed by atoms with E-state index in [0.29, 0.717) is 0 Å². The van der Waals surface area contributed by atoms with Crippen molar-refractivity contribution in [2.75, 3.05) is 0 Å². The van der Waals surface area contributed by atoms with Crippen molar-refractivity contribution >= 4 is 0 Å². The molecular weight excluding hydrogens is 216 g/mol. The summed E-state index contributed by atoms with van der Waals surface area (Å²) in [4.78, 5) is 0. The van der Waals surface area contributed by atoms with Gasteiger partial charge in [0.2, 0.25) is 0 Å². The van der Waals surface area contributed by atoms with E-state index >= 15 is 0 Å². The zero-order valence-electron chi connectivity index (χ0n) is 12.0. The van der Waals surface area contributed by atoms with Crippen molar-refractivity contribution in [3.8, 4) is 0 Å². The molecule has 0 nitrogen and oxygen atoms in total. The first-order chi connectivity index (χ1) is 8.84. The summed E-state index contributed by atoms with van der Waals surface area (Å²) in [5.41, 5.74) is 3.99. The van der Waals surface area contributed by atoms with Crippen LogP contribution < -0.4 is 0 Å². The van der Waals surface area contributed by atoms with Gasteiger partial charge in [-0.1, -0.05) is 43.8 Å². The predicted molar refractivity (Wildman–Crippen MR) is 76.3 cm³/mol. The Morgan fingerprint density at radius 3 is 1.61 bits per heavy atom. The van der Waals surface area contributed by atoms with Gasteiger partial charge < -0.3 is 0 Å². The average molecular weight is 244 g/mol. The van der Waals surface area contributed by atoms with Gasteiger partial charge in [0, 0.05) is 0 Å². The molecule has 0 saturated heterocycles. The third-order valence-electron chi connectivity index (χ3n) is 6.63. The van der Waals surface area contributed by atoms with Crippen LogP contribution in [0.4, 0.5) is 0 Å². The molecule has 2 fully saturated rings. The van der Waals surface area contributed by atoms with Gasteiger partial charge in [-0.2, -0.15) is 0 Å². The van der Waals surface area contributed by atoms with Crippen LogP contribution in [0.1, 0.15) is 71.1 Å². The van der Waals surface area contributed by atoms with E-state index in [0.717, 1.165) is 29.6 Å². The first kappa shape index (κ1) is 11.6. The fraction of sp³-hybridized carbons (Fsp3) is 0.889. The first-order valence-corrected chi connectivity index (χ1v) is 8.56. The summed E-state index contributed by atoms with van der Waals surface area (Å²) in [6.45, 7) is 2.49. The van der Waals surface area contributed by atoms with Crippen molar-refractivity contribution in [3.63, 3.8) is 0 Å². The first-order valence-electron chi connectivity index (χ1n) is 8.56. The van der Waals surface area contributed by atoms with Crippen LogP contribution in [0.25, 0.3) is 0 Å². The maximum atomic E-state index is 2.49. The number of hydrogen-bond donors (Lipinski definition) is 0. The highest BCUT2D eigenvalue weighted by Gasteiger charge is 2.47. The molecule has 0 spiro atoms. The molecule has 4 rings (SSSR count). The lowest BCUT2D eigenvalue weighted by atomic mass is 9.56. The van der Waals surface area contributed by atoms with Crippen LogP contribution in [-0.2, 0) is 0 Å². The number of allylic oxidation sites excluding steroid dienone is 2. The molecule has 4 aliphatic carbocycles. The maximum absolute atomic E-state index is 2.49. The fourth-order valence-corrected chi connectivity index (χ4v) is 6.07. The Bertz CT molecular complexity index is 330. The topological polar surface area (TPSA) is 0 Å². The van der Waals surface area contributed by atoms with E-state index < -0.39 is 0 Å². The van der Waals surface area contributed by atoms with E-state index in [1.807, 2.05) is 11.1 Å². The molecule has 0 aliphatic heterocycles.